The first-order valence-corrected chi connectivity index (χ1v) is 5.11. The summed E-state index contributed by atoms with van der Waals surface area (Å²) in [5.74, 6) is 0.830. The molecule has 0 unspecified atom stereocenters. The van der Waals surface area contributed by atoms with Crippen molar-refractivity contribution in [2.75, 3.05) is 13.2 Å². The molecule has 1 aromatic heterocycles. The Morgan fingerprint density at radius 1 is 1.62 bits per heavy atom. The van der Waals surface area contributed by atoms with Crippen LogP contribution < -0.4 is 10.1 Å². The Kier molecular flexibility index (Phi) is 2.80. The molecule has 4 heteroatoms. The van der Waals surface area contributed by atoms with Crippen LogP contribution in [0.5, 0.6) is 5.75 Å². The smallest absolute Gasteiger partial charge is 0.137 e. The van der Waals surface area contributed by atoms with Gasteiger partial charge in [0.2, 0.25) is 0 Å². The molecule has 0 aliphatic carbocycles. The summed E-state index contributed by atoms with van der Waals surface area (Å²) in [4.78, 5) is 4.07. The number of pyridine rings is 1. The first-order valence-electron chi connectivity index (χ1n) is 4.32. The quantitative estimate of drug-likeness (QED) is 0.818. The van der Waals surface area contributed by atoms with Crippen molar-refractivity contribution in [3.8, 4) is 5.75 Å². The largest absolute Gasteiger partial charge is 0.490 e. The Bertz CT molecular complexity index is 271. The van der Waals surface area contributed by atoms with Crippen molar-refractivity contribution >= 4 is 15.9 Å². The van der Waals surface area contributed by atoms with Gasteiger partial charge in [-0.25, -0.2) is 4.98 Å². The van der Waals surface area contributed by atoms with E-state index < -0.39 is 0 Å². The number of nitrogens with zero attached hydrogens (tertiary/aromatic N) is 1. The molecule has 1 atom stereocenters. The Morgan fingerprint density at radius 3 is 3.00 bits per heavy atom. The maximum absolute atomic E-state index is 5.52. The van der Waals surface area contributed by atoms with Crippen LogP contribution in [0, 0.1) is 0 Å². The minimum Gasteiger partial charge on any atom is -0.490 e. The second-order valence-corrected chi connectivity index (χ2v) is 3.88. The molecule has 2 heterocycles. The van der Waals surface area contributed by atoms with Crippen LogP contribution in [-0.2, 0) is 0 Å². The molecule has 0 saturated carbocycles. The minimum atomic E-state index is 0.531. The molecule has 13 heavy (non-hydrogen) atoms. The highest BCUT2D eigenvalue weighted by Gasteiger charge is 2.16. The number of hydrogen-bond donors (Lipinski definition) is 1. The zero-order valence-electron chi connectivity index (χ0n) is 7.16. The van der Waals surface area contributed by atoms with E-state index in [2.05, 4.69) is 26.2 Å². The van der Waals surface area contributed by atoms with Crippen LogP contribution in [0.2, 0.25) is 0 Å². The average Bonchev–Trinajstić information content (AvgIpc) is 2.05. The van der Waals surface area contributed by atoms with E-state index in [0.29, 0.717) is 6.04 Å². The standard InChI is InChI=1S/C9H11BrN2O/c10-9-2-1-8(5-12-9)13-6-7-3-4-11-7/h1-2,5,7,11H,3-4,6H2/t7-/m0/s1. The fourth-order valence-electron chi connectivity index (χ4n) is 1.14. The lowest BCUT2D eigenvalue weighted by molar-refractivity contribution is 0.217. The normalized spacial score (nSPS) is 20.8. The van der Waals surface area contributed by atoms with Crippen molar-refractivity contribution < 1.29 is 4.74 Å². The van der Waals surface area contributed by atoms with E-state index in [1.807, 2.05) is 12.1 Å². The lowest BCUT2D eigenvalue weighted by Crippen LogP contribution is -2.46. The van der Waals surface area contributed by atoms with Crippen LogP contribution in [0.3, 0.4) is 0 Å². The molecule has 3 nitrogen and oxygen atoms in total. The second kappa shape index (κ2) is 4.07. The summed E-state index contributed by atoms with van der Waals surface area (Å²) in [6.07, 6.45) is 2.94. The summed E-state index contributed by atoms with van der Waals surface area (Å²) < 4.78 is 6.35. The Labute approximate surface area is 85.6 Å². The van der Waals surface area contributed by atoms with Crippen molar-refractivity contribution in [1.82, 2.24) is 10.3 Å². The highest BCUT2D eigenvalue weighted by Crippen LogP contribution is 2.13. The molecule has 1 fully saturated rings. The molecule has 70 valence electrons. The molecule has 1 N–H and O–H groups in total. The van der Waals surface area contributed by atoms with Gasteiger partial charge < -0.3 is 10.1 Å². The van der Waals surface area contributed by atoms with Crippen LogP contribution in [0.1, 0.15) is 6.42 Å². The molecule has 0 radical (unpaired) electrons. The molecule has 2 rings (SSSR count). The van der Waals surface area contributed by atoms with E-state index in [-0.39, 0.29) is 0 Å². The predicted molar refractivity (Wildman–Crippen MR) is 53.8 cm³/mol. The Balaban J connectivity index is 1.83. The molecule has 0 aromatic carbocycles. The molecule has 0 amide bonds. The fourth-order valence-corrected chi connectivity index (χ4v) is 1.37. The monoisotopic (exact) mass is 242 g/mol. The van der Waals surface area contributed by atoms with E-state index in [9.17, 15) is 0 Å². The number of ether oxygens (including phenoxy) is 1. The van der Waals surface area contributed by atoms with Crippen LogP contribution >= 0.6 is 15.9 Å². The third-order valence-corrected chi connectivity index (χ3v) is 2.55. The fraction of sp³-hybridized carbons (Fsp3) is 0.444. The predicted octanol–water partition coefficient (Wildman–Crippen LogP) is 1.58. The highest BCUT2D eigenvalue weighted by molar-refractivity contribution is 9.10. The summed E-state index contributed by atoms with van der Waals surface area (Å²) in [6, 6.07) is 4.32. The van der Waals surface area contributed by atoms with Crippen molar-refractivity contribution in [2.24, 2.45) is 0 Å². The summed E-state index contributed by atoms with van der Waals surface area (Å²) in [5, 5.41) is 3.27. The summed E-state index contributed by atoms with van der Waals surface area (Å²) in [5.41, 5.74) is 0. The van der Waals surface area contributed by atoms with Gasteiger partial charge in [-0.2, -0.15) is 0 Å². The zero-order valence-corrected chi connectivity index (χ0v) is 8.75. The van der Waals surface area contributed by atoms with Gasteiger partial charge in [-0.15, -0.1) is 0 Å². The molecule has 1 aliphatic rings. The van der Waals surface area contributed by atoms with Gasteiger partial charge in [-0.05, 0) is 41.0 Å². The van der Waals surface area contributed by atoms with Crippen molar-refractivity contribution in [2.45, 2.75) is 12.5 Å². The third kappa shape index (κ3) is 2.42. The number of hydrogen-bond acceptors (Lipinski definition) is 3. The van der Waals surface area contributed by atoms with E-state index in [4.69, 9.17) is 4.74 Å². The molecule has 1 saturated heterocycles. The van der Waals surface area contributed by atoms with Gasteiger partial charge in [0.25, 0.3) is 0 Å². The van der Waals surface area contributed by atoms with Gasteiger partial charge in [-0.3, -0.25) is 0 Å². The maximum atomic E-state index is 5.52. The lowest BCUT2D eigenvalue weighted by Gasteiger charge is -2.27. The first kappa shape index (κ1) is 8.97. The Hall–Kier alpha value is -0.610. The minimum absolute atomic E-state index is 0.531. The molecular formula is C9H11BrN2O. The van der Waals surface area contributed by atoms with E-state index >= 15 is 0 Å². The Morgan fingerprint density at radius 2 is 2.46 bits per heavy atom. The van der Waals surface area contributed by atoms with Crippen LogP contribution in [0.15, 0.2) is 22.9 Å². The van der Waals surface area contributed by atoms with Gasteiger partial charge in [0.1, 0.15) is 17.0 Å². The zero-order chi connectivity index (χ0) is 9.10. The molecule has 1 aromatic rings. The van der Waals surface area contributed by atoms with E-state index in [0.717, 1.165) is 23.5 Å². The van der Waals surface area contributed by atoms with Gasteiger partial charge in [0.15, 0.2) is 0 Å². The van der Waals surface area contributed by atoms with Crippen LogP contribution in [0.4, 0.5) is 0 Å². The molecular weight excluding hydrogens is 232 g/mol. The van der Waals surface area contributed by atoms with Crippen molar-refractivity contribution in [1.29, 1.82) is 0 Å². The number of halogens is 1. The van der Waals surface area contributed by atoms with Gasteiger partial charge in [0, 0.05) is 6.04 Å². The number of aromatic nitrogens is 1. The summed E-state index contributed by atoms with van der Waals surface area (Å²) in [6.45, 7) is 1.86. The lowest BCUT2D eigenvalue weighted by atomic mass is 10.1. The van der Waals surface area contributed by atoms with E-state index in [1.54, 1.807) is 6.20 Å². The van der Waals surface area contributed by atoms with Gasteiger partial charge in [0.05, 0.1) is 6.20 Å². The maximum Gasteiger partial charge on any atom is 0.137 e. The molecule has 0 bridgehead atoms. The van der Waals surface area contributed by atoms with Crippen molar-refractivity contribution in [3.05, 3.63) is 22.9 Å². The van der Waals surface area contributed by atoms with Crippen LogP contribution in [-0.4, -0.2) is 24.2 Å². The van der Waals surface area contributed by atoms with Crippen molar-refractivity contribution in [3.63, 3.8) is 0 Å². The highest BCUT2D eigenvalue weighted by atomic mass is 79.9. The SMILES string of the molecule is Brc1ccc(OC[C@@H]2CCN2)cn1. The van der Waals surface area contributed by atoms with Crippen LogP contribution in [0.25, 0.3) is 0 Å². The average molecular weight is 243 g/mol. The third-order valence-electron chi connectivity index (χ3n) is 2.08. The number of rotatable bonds is 3. The second-order valence-electron chi connectivity index (χ2n) is 3.07. The summed E-state index contributed by atoms with van der Waals surface area (Å²) >= 11 is 3.27. The van der Waals surface area contributed by atoms with Gasteiger partial charge >= 0.3 is 0 Å². The summed E-state index contributed by atoms with van der Waals surface area (Å²) in [7, 11) is 0. The first-order chi connectivity index (χ1) is 6.34. The molecule has 1 aliphatic heterocycles. The van der Waals surface area contributed by atoms with Gasteiger partial charge in [-0.1, -0.05) is 0 Å². The molecule has 0 spiro atoms. The topological polar surface area (TPSA) is 34.1 Å². The van der Waals surface area contributed by atoms with E-state index in [1.165, 1.54) is 6.42 Å². The number of nitrogens with one attached hydrogen (secondary N) is 1.